The van der Waals surface area contributed by atoms with E-state index >= 15 is 0 Å². The molecule has 0 aliphatic carbocycles. The summed E-state index contributed by atoms with van der Waals surface area (Å²) in [5.41, 5.74) is 4.19. The third kappa shape index (κ3) is 4.27. The lowest BCUT2D eigenvalue weighted by atomic mass is 10.1. The van der Waals surface area contributed by atoms with Crippen molar-refractivity contribution in [3.63, 3.8) is 0 Å². The van der Waals surface area contributed by atoms with Gasteiger partial charge in [-0.05, 0) is 43.2 Å². The van der Waals surface area contributed by atoms with E-state index in [0.29, 0.717) is 5.69 Å². The molecular weight excluding hydrogens is 380 g/mol. The Morgan fingerprint density at radius 2 is 1.79 bits per heavy atom. The highest BCUT2D eigenvalue weighted by Gasteiger charge is 2.43. The van der Waals surface area contributed by atoms with Gasteiger partial charge in [-0.2, -0.15) is 0 Å². The number of rotatable bonds is 4. The zero-order chi connectivity index (χ0) is 20.6. The average Bonchev–Trinajstić information content (AvgIpc) is 2.98. The van der Waals surface area contributed by atoms with Crippen molar-refractivity contribution in [1.82, 2.24) is 4.90 Å². The van der Waals surface area contributed by atoms with Crippen LogP contribution in [0.2, 0.25) is 0 Å². The van der Waals surface area contributed by atoms with Crippen molar-refractivity contribution in [2.45, 2.75) is 20.1 Å². The summed E-state index contributed by atoms with van der Waals surface area (Å²) in [7, 11) is 0. The van der Waals surface area contributed by atoms with Gasteiger partial charge in [-0.1, -0.05) is 12.1 Å². The van der Waals surface area contributed by atoms with Crippen LogP contribution in [0.3, 0.4) is 0 Å². The van der Waals surface area contributed by atoms with E-state index in [1.807, 2.05) is 0 Å². The van der Waals surface area contributed by atoms with Gasteiger partial charge in [0, 0.05) is 43.6 Å². The predicted molar refractivity (Wildman–Crippen MR) is 106 cm³/mol. The molecule has 1 saturated heterocycles. The molecule has 2 aliphatic rings. The van der Waals surface area contributed by atoms with Crippen molar-refractivity contribution >= 4 is 17.3 Å². The normalized spacial score (nSPS) is 18.0. The topological polar surface area (TPSA) is 54.0 Å². The van der Waals surface area contributed by atoms with Crippen LogP contribution in [0.15, 0.2) is 36.4 Å². The van der Waals surface area contributed by atoms with Crippen LogP contribution >= 0.6 is 0 Å². The molecule has 0 bridgehead atoms. The number of halogens is 2. The SMILES string of the molecule is Cc1cccc(N2CCN(CC(=O)Nc3ccc4c(c3)OC(F)(F)O4)CC2)c1C. The van der Waals surface area contributed by atoms with Crippen molar-refractivity contribution in [2.24, 2.45) is 0 Å². The van der Waals surface area contributed by atoms with Gasteiger partial charge in [0.15, 0.2) is 11.5 Å². The highest BCUT2D eigenvalue weighted by atomic mass is 19.3. The first kappa shape index (κ1) is 19.4. The number of alkyl halides is 2. The maximum absolute atomic E-state index is 13.1. The van der Waals surface area contributed by atoms with Crippen LogP contribution in [0, 0.1) is 13.8 Å². The average molecular weight is 403 g/mol. The number of carbonyl (C=O) groups excluding carboxylic acids is 1. The number of fused-ring (bicyclic) bond motifs is 1. The zero-order valence-electron chi connectivity index (χ0n) is 16.4. The number of benzene rings is 2. The van der Waals surface area contributed by atoms with Crippen molar-refractivity contribution in [3.05, 3.63) is 47.5 Å². The van der Waals surface area contributed by atoms with Gasteiger partial charge in [-0.25, -0.2) is 0 Å². The molecule has 154 valence electrons. The zero-order valence-corrected chi connectivity index (χ0v) is 16.4. The predicted octanol–water partition coefficient (Wildman–Crippen LogP) is 3.39. The van der Waals surface area contributed by atoms with Crippen LogP contribution in [0.1, 0.15) is 11.1 Å². The monoisotopic (exact) mass is 403 g/mol. The molecular formula is C21H23F2N3O3. The van der Waals surface area contributed by atoms with Crippen molar-refractivity contribution < 1.29 is 23.0 Å². The van der Waals surface area contributed by atoms with Gasteiger partial charge in [0.1, 0.15) is 0 Å². The third-order valence-electron chi connectivity index (χ3n) is 5.34. The Labute approximate surface area is 168 Å². The Kier molecular flexibility index (Phi) is 5.04. The lowest BCUT2D eigenvalue weighted by molar-refractivity contribution is -0.286. The third-order valence-corrected chi connectivity index (χ3v) is 5.34. The lowest BCUT2D eigenvalue weighted by Crippen LogP contribution is -2.48. The van der Waals surface area contributed by atoms with Gasteiger partial charge in [0.05, 0.1) is 6.54 Å². The van der Waals surface area contributed by atoms with Crippen molar-refractivity contribution in [2.75, 3.05) is 42.9 Å². The number of hydrogen-bond donors (Lipinski definition) is 1. The van der Waals surface area contributed by atoms with Crippen LogP contribution < -0.4 is 19.7 Å². The van der Waals surface area contributed by atoms with Crippen LogP contribution in [-0.2, 0) is 4.79 Å². The lowest BCUT2D eigenvalue weighted by Gasteiger charge is -2.36. The van der Waals surface area contributed by atoms with E-state index in [1.54, 1.807) is 0 Å². The maximum Gasteiger partial charge on any atom is 0.586 e. The van der Waals surface area contributed by atoms with Gasteiger partial charge in [-0.15, -0.1) is 8.78 Å². The summed E-state index contributed by atoms with van der Waals surface area (Å²) >= 11 is 0. The molecule has 0 radical (unpaired) electrons. The summed E-state index contributed by atoms with van der Waals surface area (Å²) in [5, 5.41) is 2.73. The molecule has 1 amide bonds. The van der Waals surface area contributed by atoms with E-state index in [1.165, 1.54) is 35.0 Å². The number of amides is 1. The number of carbonyl (C=O) groups is 1. The molecule has 0 saturated carbocycles. The Bertz CT molecular complexity index is 927. The molecule has 29 heavy (non-hydrogen) atoms. The molecule has 0 unspecified atom stereocenters. The Morgan fingerprint density at radius 3 is 2.55 bits per heavy atom. The van der Waals surface area contributed by atoms with E-state index in [0.717, 1.165) is 26.2 Å². The molecule has 1 fully saturated rings. The Balaban J connectivity index is 1.30. The van der Waals surface area contributed by atoms with Crippen LogP contribution in [-0.4, -0.2) is 49.8 Å². The highest BCUT2D eigenvalue weighted by Crippen LogP contribution is 2.42. The second kappa shape index (κ2) is 7.51. The fraction of sp³-hybridized carbons (Fsp3) is 0.381. The summed E-state index contributed by atoms with van der Waals surface area (Å²) < 4.78 is 35.0. The fourth-order valence-electron chi connectivity index (χ4n) is 3.66. The molecule has 2 aromatic rings. The molecule has 0 atom stereocenters. The van der Waals surface area contributed by atoms with E-state index in [2.05, 4.69) is 56.6 Å². The molecule has 0 spiro atoms. The van der Waals surface area contributed by atoms with Gasteiger partial charge >= 0.3 is 6.29 Å². The quantitative estimate of drug-likeness (QED) is 0.848. The molecule has 4 rings (SSSR count). The summed E-state index contributed by atoms with van der Waals surface area (Å²) in [5.74, 6) is -0.332. The Morgan fingerprint density at radius 1 is 1.07 bits per heavy atom. The summed E-state index contributed by atoms with van der Waals surface area (Å²) in [6.45, 7) is 7.71. The highest BCUT2D eigenvalue weighted by molar-refractivity contribution is 5.92. The number of piperazine rings is 1. The maximum atomic E-state index is 13.1. The minimum Gasteiger partial charge on any atom is -0.395 e. The molecule has 6 nitrogen and oxygen atoms in total. The first-order chi connectivity index (χ1) is 13.8. The van der Waals surface area contributed by atoms with Gasteiger partial charge in [0.2, 0.25) is 5.91 Å². The molecule has 2 aromatic carbocycles. The van der Waals surface area contributed by atoms with Gasteiger partial charge in [-0.3, -0.25) is 9.69 Å². The standard InChI is InChI=1S/C21H23F2N3O3/c1-14-4-3-5-17(15(14)2)26-10-8-25(9-11-26)13-20(27)24-16-6-7-18-19(12-16)29-21(22,23)28-18/h3-7,12H,8-11,13H2,1-2H3,(H,24,27). The second-order valence-electron chi connectivity index (χ2n) is 7.36. The van der Waals surface area contributed by atoms with Gasteiger partial charge in [0.25, 0.3) is 0 Å². The second-order valence-corrected chi connectivity index (χ2v) is 7.36. The summed E-state index contributed by atoms with van der Waals surface area (Å²) in [6, 6.07) is 10.5. The minimum absolute atomic E-state index is 0.0458. The number of nitrogens with one attached hydrogen (secondary N) is 1. The first-order valence-corrected chi connectivity index (χ1v) is 9.54. The molecule has 2 heterocycles. The van der Waals surface area contributed by atoms with Crippen LogP contribution in [0.5, 0.6) is 11.5 Å². The van der Waals surface area contributed by atoms with Crippen molar-refractivity contribution in [1.29, 1.82) is 0 Å². The van der Waals surface area contributed by atoms with E-state index in [4.69, 9.17) is 0 Å². The number of hydrogen-bond acceptors (Lipinski definition) is 5. The Hall–Kier alpha value is -2.87. The molecule has 0 aromatic heterocycles. The molecule has 8 heteroatoms. The first-order valence-electron chi connectivity index (χ1n) is 9.54. The van der Waals surface area contributed by atoms with Crippen LogP contribution in [0.25, 0.3) is 0 Å². The summed E-state index contributed by atoms with van der Waals surface area (Å²) in [6.07, 6.45) is -3.67. The number of anilines is 2. The van der Waals surface area contributed by atoms with E-state index in [9.17, 15) is 13.6 Å². The van der Waals surface area contributed by atoms with E-state index in [-0.39, 0.29) is 24.0 Å². The number of nitrogens with zero attached hydrogens (tertiary/aromatic N) is 2. The smallest absolute Gasteiger partial charge is 0.395 e. The number of aryl methyl sites for hydroxylation is 1. The number of ether oxygens (including phenoxy) is 2. The van der Waals surface area contributed by atoms with E-state index < -0.39 is 6.29 Å². The molecule has 1 N–H and O–H groups in total. The molecule has 2 aliphatic heterocycles. The summed E-state index contributed by atoms with van der Waals surface area (Å²) in [4.78, 5) is 16.8. The van der Waals surface area contributed by atoms with Crippen molar-refractivity contribution in [3.8, 4) is 11.5 Å². The minimum atomic E-state index is -3.67. The fourth-order valence-corrected chi connectivity index (χ4v) is 3.66. The van der Waals surface area contributed by atoms with Gasteiger partial charge < -0.3 is 19.7 Å². The largest absolute Gasteiger partial charge is 0.586 e. The van der Waals surface area contributed by atoms with Crippen LogP contribution in [0.4, 0.5) is 20.2 Å².